The molecule has 1 heterocycles. The highest BCUT2D eigenvalue weighted by Crippen LogP contribution is 2.27. The van der Waals surface area contributed by atoms with Crippen LogP contribution in [0.25, 0.3) is 16.8 Å². The van der Waals surface area contributed by atoms with Crippen molar-refractivity contribution in [2.45, 2.75) is 6.54 Å². The van der Waals surface area contributed by atoms with Crippen LogP contribution in [-0.4, -0.2) is 39.8 Å². The summed E-state index contributed by atoms with van der Waals surface area (Å²) in [7, 11) is 1.75. The average molecular weight is 375 g/mol. The molecule has 0 amide bonds. The number of benzene rings is 3. The van der Waals surface area contributed by atoms with Crippen molar-refractivity contribution in [2.75, 3.05) is 39.8 Å². The van der Waals surface area contributed by atoms with Gasteiger partial charge in [0.2, 0.25) is 0 Å². The molecule has 1 aliphatic heterocycles. The molecule has 0 aromatic heterocycles. The number of piperazine rings is 1. The van der Waals surface area contributed by atoms with Crippen LogP contribution in [-0.2, 0) is 6.54 Å². The molecule has 1 aliphatic rings. The summed E-state index contributed by atoms with van der Waals surface area (Å²) in [5.41, 5.74) is 2.72. The Morgan fingerprint density at radius 1 is 0.786 bits per heavy atom. The summed E-state index contributed by atoms with van der Waals surface area (Å²) < 4.78 is 5.54. The van der Waals surface area contributed by atoms with Gasteiger partial charge >= 0.3 is 0 Å². The molecule has 0 atom stereocenters. The standard InChI is InChI=1S/C25H28N2O/c1-28-25-14-13-22(23-11-5-6-12-24(23)25)20-27-18-16-26(17-19-27)15-7-10-21-8-3-2-4-9-21/h2-14H,15-20H2,1H3/p+2/b10-7+. The molecule has 1 fully saturated rings. The van der Waals surface area contributed by atoms with Crippen LogP contribution in [0.4, 0.5) is 0 Å². The van der Waals surface area contributed by atoms with Crippen LogP contribution in [0.5, 0.6) is 5.75 Å². The summed E-state index contributed by atoms with van der Waals surface area (Å²) in [4.78, 5) is 3.38. The third-order valence-corrected chi connectivity index (χ3v) is 5.82. The molecule has 3 nitrogen and oxygen atoms in total. The van der Waals surface area contributed by atoms with Gasteiger partial charge in [0.15, 0.2) is 0 Å². The lowest BCUT2D eigenvalue weighted by Crippen LogP contribution is -3.27. The maximum atomic E-state index is 5.54. The Balaban J connectivity index is 1.34. The lowest BCUT2D eigenvalue weighted by atomic mass is 10.0. The first-order valence-electron chi connectivity index (χ1n) is 10.3. The summed E-state index contributed by atoms with van der Waals surface area (Å²) in [6.07, 6.45) is 4.57. The van der Waals surface area contributed by atoms with Gasteiger partial charge in [-0.3, -0.25) is 0 Å². The largest absolute Gasteiger partial charge is 0.496 e. The second-order valence-corrected chi connectivity index (χ2v) is 7.67. The van der Waals surface area contributed by atoms with E-state index in [4.69, 9.17) is 4.74 Å². The van der Waals surface area contributed by atoms with Gasteiger partial charge in [0.25, 0.3) is 0 Å². The monoisotopic (exact) mass is 374 g/mol. The van der Waals surface area contributed by atoms with Crippen LogP contribution < -0.4 is 14.5 Å². The van der Waals surface area contributed by atoms with Gasteiger partial charge in [0.05, 0.1) is 13.7 Å². The molecular weight excluding hydrogens is 344 g/mol. The van der Waals surface area contributed by atoms with Crippen molar-refractivity contribution in [2.24, 2.45) is 0 Å². The molecule has 0 bridgehead atoms. The van der Waals surface area contributed by atoms with Crippen molar-refractivity contribution in [3.8, 4) is 5.75 Å². The molecule has 144 valence electrons. The number of hydrogen-bond donors (Lipinski definition) is 2. The number of methoxy groups -OCH3 is 1. The van der Waals surface area contributed by atoms with E-state index >= 15 is 0 Å². The molecule has 28 heavy (non-hydrogen) atoms. The van der Waals surface area contributed by atoms with E-state index in [2.05, 4.69) is 78.9 Å². The van der Waals surface area contributed by atoms with E-state index in [-0.39, 0.29) is 0 Å². The number of fused-ring (bicyclic) bond motifs is 1. The van der Waals surface area contributed by atoms with Crippen LogP contribution >= 0.6 is 0 Å². The normalized spacial score (nSPS) is 19.9. The molecule has 0 aliphatic carbocycles. The van der Waals surface area contributed by atoms with Gasteiger partial charge < -0.3 is 14.5 Å². The fourth-order valence-electron chi connectivity index (χ4n) is 4.20. The van der Waals surface area contributed by atoms with Crippen LogP contribution in [0.2, 0.25) is 0 Å². The smallest absolute Gasteiger partial charge is 0.127 e. The maximum absolute atomic E-state index is 5.54. The molecule has 0 spiro atoms. The lowest BCUT2D eigenvalue weighted by Gasteiger charge is -2.29. The third-order valence-electron chi connectivity index (χ3n) is 5.82. The van der Waals surface area contributed by atoms with Crippen molar-refractivity contribution in [3.63, 3.8) is 0 Å². The summed E-state index contributed by atoms with van der Waals surface area (Å²) >= 11 is 0. The van der Waals surface area contributed by atoms with Gasteiger partial charge in [-0.25, -0.2) is 0 Å². The van der Waals surface area contributed by atoms with E-state index in [9.17, 15) is 0 Å². The minimum atomic E-state index is 0.966. The second-order valence-electron chi connectivity index (χ2n) is 7.67. The molecule has 3 aromatic carbocycles. The minimum Gasteiger partial charge on any atom is -0.496 e. The molecule has 3 aromatic rings. The number of hydrogen-bond acceptors (Lipinski definition) is 1. The van der Waals surface area contributed by atoms with Gasteiger partial charge in [0.1, 0.15) is 38.5 Å². The van der Waals surface area contributed by atoms with Gasteiger partial charge in [-0.2, -0.15) is 0 Å². The van der Waals surface area contributed by atoms with E-state index in [1.54, 1.807) is 16.9 Å². The first kappa shape index (κ1) is 18.7. The molecule has 2 N–H and O–H groups in total. The molecule has 0 unspecified atom stereocenters. The third kappa shape index (κ3) is 4.44. The Labute approximate surface area is 167 Å². The zero-order valence-corrected chi connectivity index (χ0v) is 16.7. The first-order valence-corrected chi connectivity index (χ1v) is 10.3. The highest BCUT2D eigenvalue weighted by molar-refractivity contribution is 5.90. The predicted octanol–water partition coefficient (Wildman–Crippen LogP) is 1.85. The molecule has 0 saturated carbocycles. The molecule has 1 saturated heterocycles. The van der Waals surface area contributed by atoms with Crippen LogP contribution in [0.1, 0.15) is 11.1 Å². The average Bonchev–Trinajstić information content (AvgIpc) is 2.76. The summed E-state index contributed by atoms with van der Waals surface area (Å²) in [6, 6.07) is 23.5. The lowest BCUT2D eigenvalue weighted by molar-refractivity contribution is -1.02. The Kier molecular flexibility index (Phi) is 6.05. The Morgan fingerprint density at radius 2 is 1.46 bits per heavy atom. The molecule has 4 rings (SSSR count). The molecule has 3 heteroatoms. The first-order chi connectivity index (χ1) is 13.8. The highest BCUT2D eigenvalue weighted by Gasteiger charge is 2.22. The fourth-order valence-corrected chi connectivity index (χ4v) is 4.20. The van der Waals surface area contributed by atoms with Gasteiger partial charge in [0, 0.05) is 10.9 Å². The summed E-state index contributed by atoms with van der Waals surface area (Å²) in [5.74, 6) is 0.966. The predicted molar refractivity (Wildman–Crippen MR) is 116 cm³/mol. The summed E-state index contributed by atoms with van der Waals surface area (Å²) in [6.45, 7) is 7.15. The van der Waals surface area contributed by atoms with E-state index in [1.807, 2.05) is 0 Å². The second kappa shape index (κ2) is 9.05. The van der Waals surface area contributed by atoms with Crippen molar-refractivity contribution >= 4 is 16.8 Å². The maximum Gasteiger partial charge on any atom is 0.127 e. The van der Waals surface area contributed by atoms with Gasteiger partial charge in [-0.15, -0.1) is 0 Å². The number of nitrogens with one attached hydrogen (secondary N) is 2. The highest BCUT2D eigenvalue weighted by atomic mass is 16.5. The van der Waals surface area contributed by atoms with Crippen LogP contribution in [0.15, 0.2) is 72.8 Å². The van der Waals surface area contributed by atoms with Crippen molar-refractivity contribution in [3.05, 3.63) is 83.9 Å². The zero-order valence-electron chi connectivity index (χ0n) is 16.7. The number of ether oxygens (including phenoxy) is 1. The molecule has 0 radical (unpaired) electrons. The van der Waals surface area contributed by atoms with Crippen LogP contribution in [0, 0.1) is 0 Å². The van der Waals surface area contributed by atoms with Gasteiger partial charge in [-0.1, -0.05) is 60.7 Å². The SMILES string of the molecule is COc1ccc(C[NH+]2CC[NH+](C/C=C/c3ccccc3)CC2)c2ccccc12. The van der Waals surface area contributed by atoms with E-state index in [0.29, 0.717) is 0 Å². The van der Waals surface area contributed by atoms with Crippen molar-refractivity contribution < 1.29 is 14.5 Å². The Morgan fingerprint density at radius 3 is 2.21 bits per heavy atom. The number of quaternary nitrogens is 2. The fraction of sp³-hybridized carbons (Fsp3) is 0.280. The van der Waals surface area contributed by atoms with Crippen molar-refractivity contribution in [1.29, 1.82) is 0 Å². The molecular formula is C25H30N2O+2. The number of rotatable bonds is 6. The van der Waals surface area contributed by atoms with Gasteiger partial charge in [-0.05, 0) is 29.2 Å². The van der Waals surface area contributed by atoms with E-state index < -0.39 is 0 Å². The van der Waals surface area contributed by atoms with Crippen LogP contribution in [0.3, 0.4) is 0 Å². The zero-order chi connectivity index (χ0) is 19.2. The minimum absolute atomic E-state index is 0.966. The van der Waals surface area contributed by atoms with E-state index in [1.165, 1.54) is 48.1 Å². The van der Waals surface area contributed by atoms with E-state index in [0.717, 1.165) is 18.8 Å². The Bertz CT molecular complexity index is 928. The Hall–Kier alpha value is -2.62. The van der Waals surface area contributed by atoms with Crippen molar-refractivity contribution in [1.82, 2.24) is 0 Å². The quantitative estimate of drug-likeness (QED) is 0.674. The topological polar surface area (TPSA) is 18.1 Å². The summed E-state index contributed by atoms with van der Waals surface area (Å²) in [5, 5.41) is 2.55.